The minimum Gasteiger partial charge on any atom is -0.544 e. The highest BCUT2D eigenvalue weighted by atomic mass is 16.5. The molecule has 0 aliphatic carbocycles. The van der Waals surface area contributed by atoms with Gasteiger partial charge in [0.05, 0.1) is 12.4 Å². The Morgan fingerprint density at radius 3 is 2.30 bits per heavy atom. The van der Waals surface area contributed by atoms with E-state index in [-0.39, 0.29) is 12.3 Å². The number of hydrogen-bond acceptors (Lipinski definition) is 4. The fraction of sp³-hybridized carbons (Fsp3) is 0.300. The van der Waals surface area contributed by atoms with Gasteiger partial charge in [0.1, 0.15) is 43.7 Å². The molecule has 27 heavy (non-hydrogen) atoms. The Hall–Kier alpha value is -2.90. The van der Waals surface area contributed by atoms with Gasteiger partial charge in [0.2, 0.25) is 5.91 Å². The molecule has 7 heteroatoms. The van der Waals surface area contributed by atoms with Crippen LogP contribution in [0.25, 0.3) is 0 Å². The summed E-state index contributed by atoms with van der Waals surface area (Å²) < 4.78 is 5.71. The predicted molar refractivity (Wildman–Crippen MR) is 97.4 cm³/mol. The van der Waals surface area contributed by atoms with Crippen molar-refractivity contribution in [2.75, 3.05) is 31.5 Å². The van der Waals surface area contributed by atoms with Crippen LogP contribution >= 0.6 is 0 Å². The lowest BCUT2D eigenvalue weighted by molar-refractivity contribution is -0.961. The molecule has 4 N–H and O–H groups in total. The van der Waals surface area contributed by atoms with Crippen LogP contribution in [0.1, 0.15) is 6.42 Å². The van der Waals surface area contributed by atoms with Gasteiger partial charge in [0, 0.05) is 5.69 Å². The third kappa shape index (κ3) is 5.54. The molecule has 0 aromatic heterocycles. The molecule has 0 saturated carbocycles. The van der Waals surface area contributed by atoms with Crippen molar-refractivity contribution in [3.63, 3.8) is 0 Å². The van der Waals surface area contributed by atoms with Crippen molar-refractivity contribution in [3.8, 4) is 11.5 Å². The molecule has 2 aromatic rings. The van der Waals surface area contributed by atoms with Gasteiger partial charge in [-0.15, -0.1) is 0 Å². The number of hydrogen-bond donors (Lipinski definition) is 3. The lowest BCUT2D eigenvalue weighted by Gasteiger charge is -2.30. The number of rotatable bonds is 7. The second-order valence-electron chi connectivity index (χ2n) is 6.59. The van der Waals surface area contributed by atoms with E-state index in [0.717, 1.165) is 36.8 Å². The second-order valence-corrected chi connectivity index (χ2v) is 6.59. The zero-order valence-corrected chi connectivity index (χ0v) is 15.0. The highest BCUT2D eigenvalue weighted by molar-refractivity contribution is 5.93. The number of ether oxygens (including phenoxy) is 1. The summed E-state index contributed by atoms with van der Waals surface area (Å²) in [6, 6.07) is 15.6. The van der Waals surface area contributed by atoms with E-state index in [2.05, 4.69) is 10.6 Å². The summed E-state index contributed by atoms with van der Waals surface area (Å²) in [4.78, 5) is 24.7. The molecule has 1 aliphatic heterocycles. The van der Waals surface area contributed by atoms with E-state index >= 15 is 0 Å². The molecule has 1 amide bonds. The first kappa shape index (κ1) is 18.9. The van der Waals surface area contributed by atoms with Crippen LogP contribution in [0.15, 0.2) is 54.6 Å². The van der Waals surface area contributed by atoms with Crippen molar-refractivity contribution in [1.82, 2.24) is 0 Å². The Bertz CT molecular complexity index is 759. The Morgan fingerprint density at radius 2 is 1.67 bits per heavy atom. The highest BCUT2D eigenvalue weighted by Crippen LogP contribution is 2.22. The van der Waals surface area contributed by atoms with E-state index in [4.69, 9.17) is 4.74 Å². The largest absolute Gasteiger partial charge is 0.544 e. The Morgan fingerprint density at radius 1 is 1.04 bits per heavy atom. The van der Waals surface area contributed by atoms with Gasteiger partial charge < -0.3 is 30.2 Å². The smallest absolute Gasteiger partial charge is 0.230 e. The number of amides is 1. The van der Waals surface area contributed by atoms with E-state index in [1.54, 1.807) is 24.3 Å². The number of nitrogens with one attached hydrogen (secondary N) is 2. The molecule has 0 unspecified atom stereocenters. The molecule has 1 saturated heterocycles. The summed E-state index contributed by atoms with van der Waals surface area (Å²) in [6.07, 6.45) is -0.0973. The maximum absolute atomic E-state index is 12.3. The maximum atomic E-state index is 12.3. The molecule has 1 heterocycles. The SMILES string of the molecule is O=C(C[C@H](C(=O)[O-])[NH+]1CC[NH2+]CC1)Nc1ccc(Oc2ccccc2)cc1. The Labute approximate surface area is 157 Å². The minimum atomic E-state index is -1.17. The maximum Gasteiger partial charge on any atom is 0.230 e. The number of piperazine rings is 1. The van der Waals surface area contributed by atoms with Crippen molar-refractivity contribution in [3.05, 3.63) is 54.6 Å². The topological polar surface area (TPSA) is 99.5 Å². The zero-order valence-electron chi connectivity index (χ0n) is 15.0. The summed E-state index contributed by atoms with van der Waals surface area (Å²) in [5, 5.41) is 16.4. The minimum absolute atomic E-state index is 0.0973. The first-order valence-corrected chi connectivity index (χ1v) is 9.12. The third-order valence-electron chi connectivity index (χ3n) is 4.62. The number of quaternary nitrogens is 2. The van der Waals surface area contributed by atoms with Gasteiger partial charge in [0.15, 0.2) is 0 Å². The van der Waals surface area contributed by atoms with Crippen LogP contribution in [0, 0.1) is 0 Å². The first-order chi connectivity index (χ1) is 13.1. The lowest BCUT2D eigenvalue weighted by atomic mass is 10.1. The van der Waals surface area contributed by atoms with Crippen LogP contribution in [0.5, 0.6) is 11.5 Å². The van der Waals surface area contributed by atoms with E-state index in [1.165, 1.54) is 0 Å². The standard InChI is InChI=1S/C20H23N3O4/c24-19(14-18(20(25)26)23-12-10-21-11-13-23)22-15-6-8-17(9-7-15)27-16-4-2-1-3-5-16/h1-9,18,21H,10-14H2,(H,22,24)(H,25,26)/p+1/t18-/m1/s1. The molecular formula is C20H24N3O4+. The quantitative estimate of drug-likeness (QED) is 0.546. The molecule has 0 bridgehead atoms. The molecule has 1 atom stereocenters. The van der Waals surface area contributed by atoms with Crippen LogP contribution in [-0.4, -0.2) is 44.1 Å². The number of carboxylic acids is 1. The van der Waals surface area contributed by atoms with E-state index < -0.39 is 12.0 Å². The van der Waals surface area contributed by atoms with Crippen molar-refractivity contribution in [2.24, 2.45) is 0 Å². The molecule has 2 aromatic carbocycles. The summed E-state index contributed by atoms with van der Waals surface area (Å²) in [7, 11) is 0. The van der Waals surface area contributed by atoms with E-state index in [0.29, 0.717) is 11.4 Å². The second kappa shape index (κ2) is 9.16. The average molecular weight is 370 g/mol. The summed E-state index contributed by atoms with van der Waals surface area (Å²) in [5.74, 6) is -0.120. The fourth-order valence-electron chi connectivity index (χ4n) is 3.22. The molecule has 7 nitrogen and oxygen atoms in total. The van der Waals surface area contributed by atoms with Crippen LogP contribution < -0.4 is 25.4 Å². The number of benzene rings is 2. The number of para-hydroxylation sites is 1. The van der Waals surface area contributed by atoms with Crippen molar-refractivity contribution in [2.45, 2.75) is 12.5 Å². The molecule has 1 aliphatic rings. The Kier molecular flexibility index (Phi) is 6.40. The monoisotopic (exact) mass is 370 g/mol. The number of anilines is 1. The summed E-state index contributed by atoms with van der Waals surface area (Å²) >= 11 is 0. The van der Waals surface area contributed by atoms with E-state index in [1.807, 2.05) is 30.3 Å². The zero-order chi connectivity index (χ0) is 19.1. The number of nitrogens with two attached hydrogens (primary N) is 1. The number of carbonyl (C=O) groups is 2. The first-order valence-electron chi connectivity index (χ1n) is 9.12. The van der Waals surface area contributed by atoms with Crippen molar-refractivity contribution >= 4 is 17.6 Å². The van der Waals surface area contributed by atoms with Gasteiger partial charge in [-0.25, -0.2) is 0 Å². The van der Waals surface area contributed by atoms with Gasteiger partial charge in [-0.3, -0.25) is 4.79 Å². The van der Waals surface area contributed by atoms with E-state index in [9.17, 15) is 14.7 Å². The number of carboxylic acid groups (broad SMARTS) is 1. The molecule has 0 spiro atoms. The number of aliphatic carboxylic acids is 1. The molecule has 0 radical (unpaired) electrons. The van der Waals surface area contributed by atoms with Crippen LogP contribution in [0.2, 0.25) is 0 Å². The number of carbonyl (C=O) groups excluding carboxylic acids is 2. The molecular weight excluding hydrogens is 346 g/mol. The summed E-state index contributed by atoms with van der Waals surface area (Å²) in [5.41, 5.74) is 0.597. The van der Waals surface area contributed by atoms with Crippen LogP contribution in [0.3, 0.4) is 0 Å². The molecule has 1 fully saturated rings. The van der Waals surface area contributed by atoms with Crippen LogP contribution in [0.4, 0.5) is 5.69 Å². The summed E-state index contributed by atoms with van der Waals surface area (Å²) in [6.45, 7) is 3.17. The van der Waals surface area contributed by atoms with Crippen molar-refractivity contribution in [1.29, 1.82) is 0 Å². The van der Waals surface area contributed by atoms with Gasteiger partial charge >= 0.3 is 0 Å². The average Bonchev–Trinajstić information content (AvgIpc) is 2.69. The third-order valence-corrected chi connectivity index (χ3v) is 4.62. The van der Waals surface area contributed by atoms with Gasteiger partial charge in [0.25, 0.3) is 0 Å². The van der Waals surface area contributed by atoms with Gasteiger partial charge in [-0.2, -0.15) is 0 Å². The lowest BCUT2D eigenvalue weighted by Crippen LogP contribution is -3.24. The molecule has 142 valence electrons. The Balaban J connectivity index is 1.55. The normalized spacial score (nSPS) is 15.7. The molecule has 3 rings (SSSR count). The van der Waals surface area contributed by atoms with Crippen LogP contribution in [-0.2, 0) is 9.59 Å². The fourth-order valence-corrected chi connectivity index (χ4v) is 3.22. The predicted octanol–water partition coefficient (Wildman–Crippen LogP) is -1.61. The van der Waals surface area contributed by atoms with Gasteiger partial charge in [-0.1, -0.05) is 18.2 Å². The highest BCUT2D eigenvalue weighted by Gasteiger charge is 2.29. The van der Waals surface area contributed by atoms with Gasteiger partial charge in [-0.05, 0) is 36.4 Å². The van der Waals surface area contributed by atoms with Crippen molar-refractivity contribution < 1.29 is 29.6 Å².